The number of carbonyl (C=O) groups is 3. The first-order valence-corrected chi connectivity index (χ1v) is 13.4. The Morgan fingerprint density at radius 1 is 1.11 bits per heavy atom. The summed E-state index contributed by atoms with van der Waals surface area (Å²) in [6, 6.07) is 9.89. The highest BCUT2D eigenvalue weighted by Gasteiger charge is 2.34. The third-order valence-electron chi connectivity index (χ3n) is 7.59. The van der Waals surface area contributed by atoms with Gasteiger partial charge in [0.15, 0.2) is 0 Å². The Morgan fingerprint density at radius 2 is 1.87 bits per heavy atom. The van der Waals surface area contributed by atoms with Crippen LogP contribution in [0.4, 0.5) is 5.69 Å². The summed E-state index contributed by atoms with van der Waals surface area (Å²) < 4.78 is 12.0. The highest BCUT2D eigenvalue weighted by atomic mass is 16.5. The maximum absolute atomic E-state index is 13.6. The SMILES string of the molecule is CO[C@@H]1CN(C)C(=O)c2ccc(NC(=O)c3ccccn3)cc2OC[C@@H](C)N(C(=O)C2CCCC2)C[C@H]1C. The molecule has 9 nitrogen and oxygen atoms in total. The molecule has 0 unspecified atom stereocenters. The number of methoxy groups -OCH3 is 1. The molecule has 0 saturated heterocycles. The molecular weight excluding hydrogens is 484 g/mol. The lowest BCUT2D eigenvalue weighted by Crippen LogP contribution is -2.50. The van der Waals surface area contributed by atoms with Crippen LogP contribution in [0.3, 0.4) is 0 Å². The molecule has 2 aliphatic rings. The molecule has 0 spiro atoms. The van der Waals surface area contributed by atoms with E-state index in [1.807, 2.05) is 11.8 Å². The molecule has 4 rings (SSSR count). The van der Waals surface area contributed by atoms with E-state index in [0.717, 1.165) is 25.7 Å². The summed E-state index contributed by atoms with van der Waals surface area (Å²) >= 11 is 0. The zero-order chi connectivity index (χ0) is 27.2. The molecule has 9 heteroatoms. The van der Waals surface area contributed by atoms with Crippen LogP contribution in [0.15, 0.2) is 42.6 Å². The normalized spacial score (nSPS) is 23.2. The Labute approximate surface area is 224 Å². The van der Waals surface area contributed by atoms with Gasteiger partial charge >= 0.3 is 0 Å². The first kappa shape index (κ1) is 27.6. The molecule has 38 heavy (non-hydrogen) atoms. The van der Waals surface area contributed by atoms with Crippen molar-refractivity contribution in [1.29, 1.82) is 0 Å². The second-order valence-corrected chi connectivity index (χ2v) is 10.4. The minimum atomic E-state index is -0.360. The number of nitrogens with zero attached hydrogens (tertiary/aromatic N) is 3. The van der Waals surface area contributed by atoms with Gasteiger partial charge in [-0.2, -0.15) is 0 Å². The smallest absolute Gasteiger partial charge is 0.274 e. The van der Waals surface area contributed by atoms with E-state index < -0.39 is 0 Å². The van der Waals surface area contributed by atoms with E-state index in [2.05, 4.69) is 17.2 Å². The van der Waals surface area contributed by atoms with E-state index in [0.29, 0.717) is 30.1 Å². The van der Waals surface area contributed by atoms with Crippen LogP contribution in [0.25, 0.3) is 0 Å². The Morgan fingerprint density at radius 3 is 2.55 bits per heavy atom. The van der Waals surface area contributed by atoms with Gasteiger partial charge in [0.25, 0.3) is 11.8 Å². The van der Waals surface area contributed by atoms with Crippen molar-refractivity contribution < 1.29 is 23.9 Å². The Kier molecular flexibility index (Phi) is 8.99. The number of hydrogen-bond donors (Lipinski definition) is 1. The van der Waals surface area contributed by atoms with Gasteiger partial charge in [0, 0.05) is 57.0 Å². The van der Waals surface area contributed by atoms with Crippen LogP contribution in [-0.2, 0) is 9.53 Å². The minimum Gasteiger partial charge on any atom is -0.491 e. The highest BCUT2D eigenvalue weighted by Crippen LogP contribution is 2.30. The number of nitrogens with one attached hydrogen (secondary N) is 1. The van der Waals surface area contributed by atoms with Gasteiger partial charge < -0.3 is 24.6 Å². The fourth-order valence-electron chi connectivity index (χ4n) is 5.26. The van der Waals surface area contributed by atoms with Crippen LogP contribution in [-0.4, -0.2) is 78.5 Å². The first-order chi connectivity index (χ1) is 18.3. The molecule has 1 N–H and O–H groups in total. The third-order valence-corrected chi connectivity index (χ3v) is 7.59. The number of fused-ring (bicyclic) bond motifs is 1. The summed E-state index contributed by atoms with van der Waals surface area (Å²) in [6.45, 7) is 5.14. The van der Waals surface area contributed by atoms with Crippen molar-refractivity contribution in [3.05, 3.63) is 53.9 Å². The number of likely N-dealkylation sites (N-methyl/N-ethyl adjacent to an activating group) is 1. The first-order valence-electron chi connectivity index (χ1n) is 13.4. The quantitative estimate of drug-likeness (QED) is 0.655. The maximum atomic E-state index is 13.6. The average Bonchev–Trinajstić information content (AvgIpc) is 3.47. The Hall–Kier alpha value is -3.46. The fraction of sp³-hybridized carbons (Fsp3) is 0.517. The second-order valence-electron chi connectivity index (χ2n) is 10.4. The predicted octanol–water partition coefficient (Wildman–Crippen LogP) is 3.86. The minimum absolute atomic E-state index is 0.0196. The molecule has 1 saturated carbocycles. The fourth-order valence-corrected chi connectivity index (χ4v) is 5.26. The van der Waals surface area contributed by atoms with Crippen LogP contribution in [0, 0.1) is 11.8 Å². The van der Waals surface area contributed by atoms with Crippen LogP contribution in [0.2, 0.25) is 0 Å². The third kappa shape index (κ3) is 6.32. The monoisotopic (exact) mass is 522 g/mol. The largest absolute Gasteiger partial charge is 0.491 e. The van der Waals surface area contributed by atoms with Crippen molar-refractivity contribution >= 4 is 23.4 Å². The van der Waals surface area contributed by atoms with E-state index in [1.165, 1.54) is 0 Å². The number of anilines is 1. The molecule has 2 aromatic rings. The summed E-state index contributed by atoms with van der Waals surface area (Å²) in [4.78, 5) is 47.3. The van der Waals surface area contributed by atoms with E-state index in [4.69, 9.17) is 9.47 Å². The number of ether oxygens (including phenoxy) is 2. The lowest BCUT2D eigenvalue weighted by molar-refractivity contribution is -0.139. The lowest BCUT2D eigenvalue weighted by Gasteiger charge is -2.37. The van der Waals surface area contributed by atoms with Crippen molar-refractivity contribution in [2.45, 2.75) is 51.7 Å². The molecule has 1 aromatic carbocycles. The summed E-state index contributed by atoms with van der Waals surface area (Å²) in [5.74, 6) is 0.0149. The van der Waals surface area contributed by atoms with Crippen molar-refractivity contribution in [3.8, 4) is 5.75 Å². The van der Waals surface area contributed by atoms with Gasteiger partial charge in [0.1, 0.15) is 18.1 Å². The average molecular weight is 523 g/mol. The van der Waals surface area contributed by atoms with Gasteiger partial charge in [-0.05, 0) is 44.0 Å². The van der Waals surface area contributed by atoms with Gasteiger partial charge in [-0.25, -0.2) is 0 Å². The van der Waals surface area contributed by atoms with Gasteiger partial charge in [-0.15, -0.1) is 0 Å². The van der Waals surface area contributed by atoms with Crippen LogP contribution in [0.1, 0.15) is 60.4 Å². The highest BCUT2D eigenvalue weighted by molar-refractivity contribution is 6.03. The van der Waals surface area contributed by atoms with Gasteiger partial charge in [-0.1, -0.05) is 25.8 Å². The van der Waals surface area contributed by atoms with Crippen molar-refractivity contribution in [2.24, 2.45) is 11.8 Å². The Balaban J connectivity index is 1.63. The van der Waals surface area contributed by atoms with Crippen molar-refractivity contribution in [2.75, 3.05) is 39.2 Å². The predicted molar refractivity (Wildman–Crippen MR) is 144 cm³/mol. The molecule has 1 aromatic heterocycles. The number of amides is 3. The van der Waals surface area contributed by atoms with E-state index in [9.17, 15) is 14.4 Å². The van der Waals surface area contributed by atoms with Gasteiger partial charge in [0.05, 0.1) is 17.7 Å². The van der Waals surface area contributed by atoms with Crippen LogP contribution >= 0.6 is 0 Å². The molecule has 2 heterocycles. The molecule has 3 amide bonds. The molecule has 1 fully saturated rings. The summed E-state index contributed by atoms with van der Waals surface area (Å²) in [5, 5.41) is 2.83. The van der Waals surface area contributed by atoms with E-state index in [-0.39, 0.29) is 54.0 Å². The number of aromatic nitrogens is 1. The van der Waals surface area contributed by atoms with Gasteiger partial charge in [-0.3, -0.25) is 19.4 Å². The number of rotatable bonds is 4. The molecular formula is C29H38N4O5. The zero-order valence-electron chi connectivity index (χ0n) is 22.7. The second kappa shape index (κ2) is 12.4. The molecule has 204 valence electrons. The lowest BCUT2D eigenvalue weighted by atomic mass is 9.99. The van der Waals surface area contributed by atoms with Crippen LogP contribution < -0.4 is 10.1 Å². The summed E-state index contributed by atoms with van der Waals surface area (Å²) in [5.41, 5.74) is 1.15. The molecule has 1 aliphatic heterocycles. The topological polar surface area (TPSA) is 101 Å². The summed E-state index contributed by atoms with van der Waals surface area (Å²) in [6.07, 6.45) is 5.32. The van der Waals surface area contributed by atoms with E-state index >= 15 is 0 Å². The number of carbonyl (C=O) groups excluding carboxylic acids is 3. The molecule has 3 atom stereocenters. The van der Waals surface area contributed by atoms with Crippen LogP contribution in [0.5, 0.6) is 5.75 Å². The maximum Gasteiger partial charge on any atom is 0.274 e. The Bertz CT molecular complexity index is 1140. The standard InChI is InChI=1S/C29H38N4O5/c1-19-16-33(28(35)21-9-5-6-10-21)20(2)18-38-25-15-22(31-27(34)24-11-7-8-14-30-24)12-13-23(25)29(36)32(3)17-26(19)37-4/h7-8,11-15,19-21,26H,5-6,9-10,16-18H2,1-4H3,(H,31,34)/t19-,20-,26-/m1/s1. The zero-order valence-corrected chi connectivity index (χ0v) is 22.7. The number of pyridine rings is 1. The number of hydrogen-bond acceptors (Lipinski definition) is 6. The molecule has 0 bridgehead atoms. The van der Waals surface area contributed by atoms with Crippen molar-refractivity contribution in [3.63, 3.8) is 0 Å². The number of benzene rings is 1. The van der Waals surface area contributed by atoms with Gasteiger partial charge in [0.2, 0.25) is 5.91 Å². The van der Waals surface area contributed by atoms with Crippen molar-refractivity contribution in [1.82, 2.24) is 14.8 Å². The summed E-state index contributed by atoms with van der Waals surface area (Å²) in [7, 11) is 3.38. The molecule has 1 aliphatic carbocycles. The van der Waals surface area contributed by atoms with E-state index in [1.54, 1.807) is 61.7 Å². The molecule has 0 radical (unpaired) electrons.